The van der Waals surface area contributed by atoms with Crippen molar-refractivity contribution in [2.75, 3.05) is 0 Å². The Balaban J connectivity index is 1.12. The maximum atomic E-state index is 6.50. The van der Waals surface area contributed by atoms with Crippen molar-refractivity contribution in [2.24, 2.45) is 0 Å². The van der Waals surface area contributed by atoms with Crippen LogP contribution in [0.3, 0.4) is 0 Å². The Morgan fingerprint density at radius 3 is 1.61 bits per heavy atom. The van der Waals surface area contributed by atoms with Crippen LogP contribution < -0.4 is 0 Å². The fourth-order valence-electron chi connectivity index (χ4n) is 8.58. The third-order valence-electron chi connectivity index (χ3n) is 11.2. The smallest absolute Gasteiger partial charge is 0.238 e. The van der Waals surface area contributed by atoms with Crippen LogP contribution in [-0.4, -0.2) is 24.1 Å². The second kappa shape index (κ2) is 12.3. The zero-order valence-electron chi connectivity index (χ0n) is 30.5. The van der Waals surface area contributed by atoms with Crippen molar-refractivity contribution < 1.29 is 4.42 Å². The third-order valence-corrected chi connectivity index (χ3v) is 11.2. The minimum atomic E-state index is 0.540. The molecule has 0 aliphatic heterocycles. The highest BCUT2D eigenvalue weighted by Crippen LogP contribution is 2.41. The molecule has 0 saturated carbocycles. The van der Waals surface area contributed by atoms with Gasteiger partial charge in [-0.15, -0.1) is 0 Å². The van der Waals surface area contributed by atoms with Gasteiger partial charge in [0.1, 0.15) is 11.2 Å². The number of rotatable bonds is 5. The first-order valence-corrected chi connectivity index (χ1v) is 19.1. The Morgan fingerprint density at radius 2 is 0.895 bits per heavy atom. The van der Waals surface area contributed by atoms with E-state index in [-0.39, 0.29) is 0 Å². The number of hydrogen-bond acceptors (Lipinski definition) is 4. The quantitative estimate of drug-likeness (QED) is 0.177. The van der Waals surface area contributed by atoms with Crippen LogP contribution in [0.25, 0.3) is 111 Å². The Hall–Kier alpha value is -7.83. The summed E-state index contributed by atoms with van der Waals surface area (Å²) in [6.45, 7) is 0. The van der Waals surface area contributed by atoms with Crippen LogP contribution in [0.2, 0.25) is 0 Å². The molecule has 4 heterocycles. The summed E-state index contributed by atoms with van der Waals surface area (Å²) in [5, 5.41) is 6.65. The Bertz CT molecular complexity index is 3510. The maximum absolute atomic E-state index is 6.50. The topological polar surface area (TPSA) is 61.7 Å². The first-order chi connectivity index (χ1) is 28.3. The monoisotopic (exact) mass is 729 g/mol. The van der Waals surface area contributed by atoms with E-state index in [1.165, 1.54) is 16.5 Å². The number of hydrogen-bond donors (Lipinski definition) is 0. The van der Waals surface area contributed by atoms with E-state index in [9.17, 15) is 0 Å². The second-order valence-corrected chi connectivity index (χ2v) is 14.4. The van der Waals surface area contributed by atoms with Crippen molar-refractivity contribution in [3.63, 3.8) is 0 Å². The van der Waals surface area contributed by atoms with Crippen LogP contribution in [0, 0.1) is 0 Å². The summed E-state index contributed by atoms with van der Waals surface area (Å²) in [5.41, 5.74) is 11.1. The minimum Gasteiger partial charge on any atom is -0.455 e. The number of nitrogens with zero attached hydrogens (tertiary/aromatic N) is 5. The molecule has 6 heteroatoms. The van der Waals surface area contributed by atoms with Gasteiger partial charge in [-0.05, 0) is 59.7 Å². The SMILES string of the molecule is c1ccc(-c2ccc(-n3c4ccccc4c4cc5c(cc43)c3ccccc3n5-c3nc(-c4ccccc4)nc(-c4cccc5c4oc4ccccc45)n3)cc2)cc1. The molecule has 6 nitrogen and oxygen atoms in total. The largest absolute Gasteiger partial charge is 0.455 e. The lowest BCUT2D eigenvalue weighted by molar-refractivity contribution is 0.669. The van der Waals surface area contributed by atoms with Gasteiger partial charge in [0.2, 0.25) is 5.95 Å². The van der Waals surface area contributed by atoms with Crippen LogP contribution in [0.1, 0.15) is 0 Å². The molecule has 0 saturated heterocycles. The van der Waals surface area contributed by atoms with Crippen molar-refractivity contribution >= 4 is 65.6 Å². The summed E-state index contributed by atoms with van der Waals surface area (Å²) in [4.78, 5) is 15.6. The van der Waals surface area contributed by atoms with Gasteiger partial charge in [0.25, 0.3) is 0 Å². The van der Waals surface area contributed by atoms with Crippen LogP contribution >= 0.6 is 0 Å². The molecule has 8 aromatic carbocycles. The number of furan rings is 1. The molecule has 0 unspecified atom stereocenters. The van der Waals surface area contributed by atoms with Crippen molar-refractivity contribution in [2.45, 2.75) is 0 Å². The molecule has 4 aromatic heterocycles. The Kier molecular flexibility index (Phi) is 6.83. The molecule has 0 spiro atoms. The summed E-state index contributed by atoms with van der Waals surface area (Å²) in [7, 11) is 0. The van der Waals surface area contributed by atoms with E-state index >= 15 is 0 Å². The molecule has 0 bridgehead atoms. The lowest BCUT2D eigenvalue weighted by atomic mass is 10.1. The lowest BCUT2D eigenvalue weighted by Crippen LogP contribution is -2.06. The highest BCUT2D eigenvalue weighted by Gasteiger charge is 2.22. The van der Waals surface area contributed by atoms with E-state index in [2.05, 4.69) is 137 Å². The minimum absolute atomic E-state index is 0.540. The summed E-state index contributed by atoms with van der Waals surface area (Å²) in [6.07, 6.45) is 0. The number of para-hydroxylation sites is 4. The van der Waals surface area contributed by atoms with Gasteiger partial charge in [0, 0.05) is 43.6 Å². The van der Waals surface area contributed by atoms with E-state index in [1.54, 1.807) is 0 Å². The van der Waals surface area contributed by atoms with E-state index in [0.717, 1.165) is 77.0 Å². The highest BCUT2D eigenvalue weighted by molar-refractivity contribution is 6.19. The fourth-order valence-corrected chi connectivity index (χ4v) is 8.58. The first kappa shape index (κ1) is 31.5. The molecule has 0 N–H and O–H groups in total. The van der Waals surface area contributed by atoms with Crippen molar-refractivity contribution in [3.05, 3.63) is 188 Å². The van der Waals surface area contributed by atoms with Crippen molar-refractivity contribution in [1.82, 2.24) is 24.1 Å². The van der Waals surface area contributed by atoms with Gasteiger partial charge in [-0.25, -0.2) is 4.98 Å². The third kappa shape index (κ3) is 4.87. The van der Waals surface area contributed by atoms with Crippen LogP contribution in [-0.2, 0) is 0 Å². The van der Waals surface area contributed by atoms with E-state index in [4.69, 9.17) is 19.4 Å². The number of benzene rings is 8. The molecule has 57 heavy (non-hydrogen) atoms. The molecule has 0 aliphatic rings. The zero-order chi connectivity index (χ0) is 37.5. The zero-order valence-corrected chi connectivity index (χ0v) is 30.5. The van der Waals surface area contributed by atoms with Gasteiger partial charge in [0.15, 0.2) is 11.6 Å². The summed E-state index contributed by atoms with van der Waals surface area (Å²) in [5.74, 6) is 1.68. The van der Waals surface area contributed by atoms with E-state index < -0.39 is 0 Å². The van der Waals surface area contributed by atoms with Crippen LogP contribution in [0.4, 0.5) is 0 Å². The van der Waals surface area contributed by atoms with Crippen LogP contribution in [0.15, 0.2) is 192 Å². The number of fused-ring (bicyclic) bond motifs is 9. The predicted octanol–water partition coefficient (Wildman–Crippen LogP) is 13.0. The molecular weight excluding hydrogens is 699 g/mol. The van der Waals surface area contributed by atoms with Crippen LogP contribution in [0.5, 0.6) is 0 Å². The van der Waals surface area contributed by atoms with Gasteiger partial charge in [-0.2, -0.15) is 9.97 Å². The van der Waals surface area contributed by atoms with Crippen molar-refractivity contribution in [1.29, 1.82) is 0 Å². The molecule has 266 valence electrons. The Morgan fingerprint density at radius 1 is 0.351 bits per heavy atom. The van der Waals surface area contributed by atoms with Gasteiger partial charge in [0.05, 0.1) is 27.6 Å². The van der Waals surface area contributed by atoms with E-state index in [0.29, 0.717) is 17.6 Å². The van der Waals surface area contributed by atoms with Gasteiger partial charge in [-0.1, -0.05) is 140 Å². The molecule has 12 aromatic rings. The van der Waals surface area contributed by atoms with E-state index in [1.807, 2.05) is 60.7 Å². The highest BCUT2D eigenvalue weighted by atomic mass is 16.3. The predicted molar refractivity (Wildman–Crippen MR) is 232 cm³/mol. The second-order valence-electron chi connectivity index (χ2n) is 14.4. The van der Waals surface area contributed by atoms with Gasteiger partial charge >= 0.3 is 0 Å². The van der Waals surface area contributed by atoms with Gasteiger partial charge in [-0.3, -0.25) is 4.57 Å². The van der Waals surface area contributed by atoms with Crippen molar-refractivity contribution in [3.8, 4) is 45.5 Å². The number of aromatic nitrogens is 5. The average molecular weight is 730 g/mol. The standard InChI is InChI=1S/C51H31N5O/c1-3-14-32(15-4-1)33-26-28-35(29-27-33)55-43-23-10-7-18-36(43)41-31-46-42(30-45(41)55)37-19-8-11-24-44(37)56(46)51-53-49(34-16-5-2-6-17-34)52-50(54-51)40-22-13-21-39-38-20-9-12-25-47(38)57-48(39)40/h1-31H. The molecule has 0 radical (unpaired) electrons. The molecular formula is C51H31N5O. The maximum Gasteiger partial charge on any atom is 0.238 e. The lowest BCUT2D eigenvalue weighted by Gasteiger charge is -2.11. The summed E-state index contributed by atoms with van der Waals surface area (Å²) in [6, 6.07) is 65.7. The normalized spacial score (nSPS) is 11.9. The molecule has 0 fully saturated rings. The molecule has 0 aliphatic carbocycles. The fraction of sp³-hybridized carbons (Fsp3) is 0. The average Bonchev–Trinajstić information content (AvgIpc) is 3.93. The summed E-state index contributed by atoms with van der Waals surface area (Å²) < 4.78 is 11.1. The Labute approximate surface area is 326 Å². The molecule has 0 amide bonds. The molecule has 0 atom stereocenters. The molecule has 12 rings (SSSR count). The first-order valence-electron chi connectivity index (χ1n) is 19.1. The summed E-state index contributed by atoms with van der Waals surface area (Å²) >= 11 is 0. The van der Waals surface area contributed by atoms with Gasteiger partial charge < -0.3 is 8.98 Å².